The average Bonchev–Trinajstić information content (AvgIpc) is 3.92. The van der Waals surface area contributed by atoms with Gasteiger partial charge in [-0.15, -0.1) is 0 Å². The second-order valence-corrected chi connectivity index (χ2v) is 13.8. The van der Waals surface area contributed by atoms with Gasteiger partial charge in [0.2, 0.25) is 23.7 Å². The van der Waals surface area contributed by atoms with Crippen LogP contribution in [0.25, 0.3) is 22.1 Å². The molecule has 4 amide bonds. The Kier molecular flexibility index (Phi) is 10.9. The van der Waals surface area contributed by atoms with Crippen LogP contribution in [0, 0.1) is 19.8 Å². The fourth-order valence-corrected chi connectivity index (χ4v) is 6.74. The number of nitrogens with zero attached hydrogens (tertiary/aromatic N) is 8. The molecule has 0 atom stereocenters. The Morgan fingerprint density at radius 3 is 1.91 bits per heavy atom. The van der Waals surface area contributed by atoms with E-state index in [0.29, 0.717) is 89.4 Å². The third kappa shape index (κ3) is 7.97. The molecule has 0 saturated carbocycles. The summed E-state index contributed by atoms with van der Waals surface area (Å²) >= 11 is 0. The third-order valence-electron chi connectivity index (χ3n) is 9.68. The van der Waals surface area contributed by atoms with Crippen LogP contribution in [-0.2, 0) is 30.9 Å². The summed E-state index contributed by atoms with van der Waals surface area (Å²) in [6.07, 6.45) is 4.50. The van der Waals surface area contributed by atoms with Crippen molar-refractivity contribution < 1.29 is 28.7 Å². The second-order valence-electron chi connectivity index (χ2n) is 13.8. The van der Waals surface area contributed by atoms with Crippen LogP contribution >= 0.6 is 0 Å². The number of aryl methyl sites for hydroxylation is 4. The first-order valence-electron chi connectivity index (χ1n) is 18.6. The van der Waals surface area contributed by atoms with Crippen molar-refractivity contribution in [3.05, 3.63) is 88.5 Å². The summed E-state index contributed by atoms with van der Waals surface area (Å²) in [5.41, 5.74) is 15.9. The van der Waals surface area contributed by atoms with Crippen molar-refractivity contribution in [3.63, 3.8) is 0 Å². The number of imidazole rings is 2. The molecule has 0 unspecified atom stereocenters. The van der Waals surface area contributed by atoms with Gasteiger partial charge in [-0.05, 0) is 76.6 Å². The maximum Gasteiger partial charge on any atom is 0.276 e. The summed E-state index contributed by atoms with van der Waals surface area (Å²) in [6.45, 7) is 10.5. The smallest absolute Gasteiger partial charge is 0.276 e. The number of hydrogen-bond acceptors (Lipinski definition) is 10. The Morgan fingerprint density at radius 2 is 1.35 bits per heavy atom. The predicted molar refractivity (Wildman–Crippen MR) is 211 cm³/mol. The number of hydrogen-bond donors (Lipinski definition) is 4. The lowest BCUT2D eigenvalue weighted by Crippen LogP contribution is -2.28. The molecular weight excluding hydrogens is 733 g/mol. The summed E-state index contributed by atoms with van der Waals surface area (Å²) in [4.78, 5) is 61.0. The van der Waals surface area contributed by atoms with Crippen molar-refractivity contribution in [1.29, 1.82) is 0 Å². The summed E-state index contributed by atoms with van der Waals surface area (Å²) in [7, 11) is 0. The number of nitrogens with one attached hydrogen (secondary N) is 2. The van der Waals surface area contributed by atoms with E-state index < -0.39 is 23.6 Å². The number of fused-ring (bicyclic) bond motifs is 2. The quantitative estimate of drug-likeness (QED) is 0.104. The minimum atomic E-state index is -0.649. The molecule has 2 aromatic carbocycles. The molecule has 6 aromatic rings. The highest BCUT2D eigenvalue weighted by molar-refractivity contribution is 6.05. The van der Waals surface area contributed by atoms with Crippen molar-refractivity contribution in [1.82, 2.24) is 38.7 Å². The number of nitrogens with two attached hydrogens (primary N) is 2. The maximum atomic E-state index is 13.7. The Morgan fingerprint density at radius 1 is 0.789 bits per heavy atom. The average molecular weight is 777 g/mol. The zero-order chi connectivity index (χ0) is 40.4. The van der Waals surface area contributed by atoms with Crippen LogP contribution in [0.2, 0.25) is 0 Å². The van der Waals surface area contributed by atoms with Gasteiger partial charge in [0.05, 0.1) is 47.8 Å². The molecule has 7 rings (SSSR count). The van der Waals surface area contributed by atoms with E-state index >= 15 is 0 Å². The van der Waals surface area contributed by atoms with Gasteiger partial charge in [-0.2, -0.15) is 10.2 Å². The van der Waals surface area contributed by atoms with Crippen molar-refractivity contribution >= 4 is 57.6 Å². The lowest BCUT2D eigenvalue weighted by Gasteiger charge is -2.25. The van der Waals surface area contributed by atoms with E-state index in [-0.39, 0.29) is 36.1 Å². The van der Waals surface area contributed by atoms with Gasteiger partial charge >= 0.3 is 0 Å². The van der Waals surface area contributed by atoms with E-state index in [1.807, 2.05) is 39.8 Å². The molecule has 296 valence electrons. The van der Waals surface area contributed by atoms with E-state index in [1.165, 1.54) is 0 Å². The number of aromatic nitrogens is 8. The standard InChI is InChI=1S/C39H44N12O6/c1-5-50-30(15-22(3)46-50)36(54)44-38-42-27-17-25(34(40)52)9-10-29(27)48(38)12-7-8-13-49-33-28(43-39(49)45-37(55)31-16-23(4)47-51(31)6-2)18-26(35(41)53)19-32(33)57-14-11-24-20-56-21-24/h7-10,15-19,24H,5-6,11-14,20-21H2,1-4H3,(H2,40,52)(H2,41,53)(H,42,44,54)(H,43,45,55). The van der Waals surface area contributed by atoms with Gasteiger partial charge in [0.1, 0.15) is 22.7 Å². The van der Waals surface area contributed by atoms with Crippen LogP contribution < -0.4 is 26.8 Å². The summed E-state index contributed by atoms with van der Waals surface area (Å²) in [5, 5.41) is 14.7. The number of anilines is 2. The van der Waals surface area contributed by atoms with Gasteiger partial charge in [-0.25, -0.2) is 9.97 Å². The number of rotatable bonds is 16. The Labute approximate surface area is 326 Å². The minimum Gasteiger partial charge on any atom is -0.491 e. The number of carbonyl (C=O) groups is 4. The molecule has 6 N–H and O–H groups in total. The summed E-state index contributed by atoms with van der Waals surface area (Å²) < 4.78 is 18.4. The summed E-state index contributed by atoms with van der Waals surface area (Å²) in [6, 6.07) is 11.5. The van der Waals surface area contributed by atoms with Crippen LogP contribution in [0.3, 0.4) is 0 Å². The third-order valence-corrected chi connectivity index (χ3v) is 9.68. The lowest BCUT2D eigenvalue weighted by molar-refractivity contribution is -0.0400. The van der Waals surface area contributed by atoms with E-state index in [4.69, 9.17) is 25.9 Å². The van der Waals surface area contributed by atoms with Crippen LogP contribution in [0.15, 0.2) is 54.6 Å². The molecule has 0 aliphatic carbocycles. The highest BCUT2D eigenvalue weighted by atomic mass is 16.5. The highest BCUT2D eigenvalue weighted by Crippen LogP contribution is 2.32. The molecule has 0 spiro atoms. The van der Waals surface area contributed by atoms with Gasteiger partial charge < -0.3 is 30.1 Å². The molecular formula is C39H44N12O6. The van der Waals surface area contributed by atoms with E-state index in [0.717, 1.165) is 6.42 Å². The SMILES string of the molecule is CCn1nc(C)cc1C(=O)Nc1nc2cc(C(N)=O)ccc2n1CC=CCn1c(NC(=O)c2cc(C)nn2CC)nc2cc(C(N)=O)cc(OCCC3COC3)c21. The monoisotopic (exact) mass is 776 g/mol. The Balaban J connectivity index is 1.24. The summed E-state index contributed by atoms with van der Waals surface area (Å²) in [5.74, 6) is -0.845. The first-order valence-corrected chi connectivity index (χ1v) is 18.6. The van der Waals surface area contributed by atoms with Gasteiger partial charge in [0.15, 0.2) is 0 Å². The molecule has 18 heteroatoms. The molecule has 0 radical (unpaired) electrons. The van der Waals surface area contributed by atoms with Crippen molar-refractivity contribution in [3.8, 4) is 5.75 Å². The first-order chi connectivity index (χ1) is 27.4. The zero-order valence-corrected chi connectivity index (χ0v) is 32.1. The van der Waals surface area contributed by atoms with Crippen molar-refractivity contribution in [2.75, 3.05) is 30.5 Å². The largest absolute Gasteiger partial charge is 0.491 e. The topological polar surface area (TPSA) is 234 Å². The van der Waals surface area contributed by atoms with Crippen molar-refractivity contribution in [2.24, 2.45) is 17.4 Å². The van der Waals surface area contributed by atoms with Crippen LogP contribution in [-0.4, -0.2) is 82.1 Å². The van der Waals surface area contributed by atoms with Crippen LogP contribution in [0.4, 0.5) is 11.9 Å². The molecule has 5 heterocycles. The molecule has 1 saturated heterocycles. The Bertz CT molecular complexity index is 2550. The lowest BCUT2D eigenvalue weighted by atomic mass is 10.1. The molecule has 4 aromatic heterocycles. The van der Waals surface area contributed by atoms with Crippen LogP contribution in [0.1, 0.15) is 73.3 Å². The Hall–Kier alpha value is -6.82. The van der Waals surface area contributed by atoms with E-state index in [1.54, 1.807) is 61.0 Å². The first kappa shape index (κ1) is 38.5. The highest BCUT2D eigenvalue weighted by Gasteiger charge is 2.24. The molecule has 1 aliphatic heterocycles. The normalized spacial score (nSPS) is 13.1. The number of ether oxygens (including phenoxy) is 2. The second kappa shape index (κ2) is 16.1. The number of allylic oxidation sites excluding steroid dienone is 2. The molecule has 1 fully saturated rings. The van der Waals surface area contributed by atoms with E-state index in [9.17, 15) is 19.2 Å². The molecule has 57 heavy (non-hydrogen) atoms. The molecule has 0 bridgehead atoms. The molecule has 1 aliphatic rings. The zero-order valence-electron chi connectivity index (χ0n) is 32.1. The molecule has 18 nitrogen and oxygen atoms in total. The predicted octanol–water partition coefficient (Wildman–Crippen LogP) is 3.81. The van der Waals surface area contributed by atoms with Gasteiger partial charge in [-0.1, -0.05) is 12.2 Å². The fourth-order valence-electron chi connectivity index (χ4n) is 6.74. The maximum absolute atomic E-state index is 13.7. The fraction of sp³-hybridized carbons (Fsp3) is 0.333. The van der Waals surface area contributed by atoms with Gasteiger partial charge in [-0.3, -0.25) is 39.2 Å². The number of carbonyl (C=O) groups excluding carboxylic acids is 4. The van der Waals surface area contributed by atoms with Crippen molar-refractivity contribution in [2.45, 2.75) is 60.3 Å². The number of amides is 4. The van der Waals surface area contributed by atoms with Gasteiger partial charge in [0.25, 0.3) is 11.8 Å². The van der Waals surface area contributed by atoms with Crippen LogP contribution in [0.5, 0.6) is 5.75 Å². The van der Waals surface area contributed by atoms with E-state index in [2.05, 4.69) is 25.8 Å². The van der Waals surface area contributed by atoms with Gasteiger partial charge in [0, 0.05) is 43.2 Å². The number of primary amides is 2. The number of benzene rings is 2. The minimum absolute atomic E-state index is 0.204.